The summed E-state index contributed by atoms with van der Waals surface area (Å²) in [6.45, 7) is 1.49. The van der Waals surface area contributed by atoms with Gasteiger partial charge >= 0.3 is 5.97 Å². The van der Waals surface area contributed by atoms with Crippen LogP contribution in [0.1, 0.15) is 18.2 Å². The second kappa shape index (κ2) is 5.17. The highest BCUT2D eigenvalue weighted by Crippen LogP contribution is 2.32. The van der Waals surface area contributed by atoms with Crippen molar-refractivity contribution in [2.45, 2.75) is 18.8 Å². The molecule has 0 fully saturated rings. The number of benzene rings is 1. The van der Waals surface area contributed by atoms with E-state index in [9.17, 15) is 14.3 Å². The highest BCUT2D eigenvalue weighted by atomic mass is 79.9. The molecule has 0 saturated heterocycles. The van der Waals surface area contributed by atoms with Gasteiger partial charge in [0.15, 0.2) is 0 Å². The molecule has 1 heterocycles. The van der Waals surface area contributed by atoms with Gasteiger partial charge in [-0.15, -0.1) is 0 Å². The zero-order valence-electron chi connectivity index (χ0n) is 10.2. The third kappa shape index (κ3) is 2.71. The van der Waals surface area contributed by atoms with E-state index in [1.165, 1.54) is 31.4 Å². The topological polar surface area (TPSA) is 50.4 Å². The number of aliphatic carboxylic acids is 1. The van der Waals surface area contributed by atoms with Gasteiger partial charge in [-0.2, -0.15) is 0 Å². The van der Waals surface area contributed by atoms with Gasteiger partial charge in [0.2, 0.25) is 0 Å². The van der Waals surface area contributed by atoms with Crippen molar-refractivity contribution in [3.63, 3.8) is 0 Å². The lowest BCUT2D eigenvalue weighted by Gasteiger charge is -2.25. The van der Waals surface area contributed by atoms with E-state index in [2.05, 4.69) is 15.9 Å². The molecule has 1 atom stereocenters. The predicted molar refractivity (Wildman–Crippen MR) is 71.5 cm³/mol. The normalized spacial score (nSPS) is 14.1. The molecule has 1 aromatic heterocycles. The van der Waals surface area contributed by atoms with E-state index in [0.717, 1.165) is 0 Å². The van der Waals surface area contributed by atoms with E-state index in [-0.39, 0.29) is 12.0 Å². The standard InChI is InChI=1S/C14H12BrFO3/c1-14(13(17)18,8-10-3-2-6-19-10)11-7-9(15)4-5-12(11)16/h2-7H,8H2,1H3,(H,17,18). The first-order valence-electron chi connectivity index (χ1n) is 5.65. The molecule has 1 aromatic carbocycles. The van der Waals surface area contributed by atoms with Crippen molar-refractivity contribution in [2.75, 3.05) is 0 Å². The van der Waals surface area contributed by atoms with Crippen molar-refractivity contribution in [2.24, 2.45) is 0 Å². The lowest BCUT2D eigenvalue weighted by molar-refractivity contribution is -0.143. The first-order valence-corrected chi connectivity index (χ1v) is 6.44. The molecule has 100 valence electrons. The fraction of sp³-hybridized carbons (Fsp3) is 0.214. The average molecular weight is 327 g/mol. The summed E-state index contributed by atoms with van der Waals surface area (Å²) in [5.41, 5.74) is -1.25. The second-order valence-corrected chi connectivity index (χ2v) is 5.43. The quantitative estimate of drug-likeness (QED) is 0.930. The molecule has 0 saturated carbocycles. The second-order valence-electron chi connectivity index (χ2n) is 4.52. The molecule has 0 bridgehead atoms. The summed E-state index contributed by atoms with van der Waals surface area (Å²) in [7, 11) is 0. The van der Waals surface area contributed by atoms with Crippen LogP contribution in [0.2, 0.25) is 0 Å². The number of carboxylic acids is 1. The zero-order chi connectivity index (χ0) is 14.0. The lowest BCUT2D eigenvalue weighted by Crippen LogP contribution is -2.35. The van der Waals surface area contributed by atoms with Gasteiger partial charge in [-0.1, -0.05) is 15.9 Å². The summed E-state index contributed by atoms with van der Waals surface area (Å²) in [5.74, 6) is -1.13. The fourth-order valence-corrected chi connectivity index (χ4v) is 2.33. The average Bonchev–Trinajstić information content (AvgIpc) is 2.84. The fourth-order valence-electron chi connectivity index (χ4n) is 1.97. The SMILES string of the molecule is CC(Cc1ccco1)(C(=O)O)c1cc(Br)ccc1F. The maximum Gasteiger partial charge on any atom is 0.314 e. The molecule has 0 radical (unpaired) electrons. The summed E-state index contributed by atoms with van der Waals surface area (Å²) in [4.78, 5) is 11.6. The number of carbonyl (C=O) groups is 1. The Morgan fingerprint density at radius 2 is 2.21 bits per heavy atom. The van der Waals surface area contributed by atoms with Crippen LogP contribution < -0.4 is 0 Å². The Bertz CT molecular complexity index is 595. The molecule has 5 heteroatoms. The van der Waals surface area contributed by atoms with Gasteiger partial charge in [0.1, 0.15) is 11.6 Å². The maximum absolute atomic E-state index is 13.9. The van der Waals surface area contributed by atoms with Crippen molar-refractivity contribution in [1.82, 2.24) is 0 Å². The van der Waals surface area contributed by atoms with Crippen LogP contribution in [-0.4, -0.2) is 11.1 Å². The van der Waals surface area contributed by atoms with E-state index < -0.39 is 17.2 Å². The minimum absolute atomic E-state index is 0.0860. The van der Waals surface area contributed by atoms with Gasteiger partial charge in [-0.3, -0.25) is 4.79 Å². The summed E-state index contributed by atoms with van der Waals surface area (Å²) in [6.07, 6.45) is 1.55. The molecule has 2 rings (SSSR count). The van der Waals surface area contributed by atoms with Crippen LogP contribution in [0.15, 0.2) is 45.5 Å². The van der Waals surface area contributed by atoms with Gasteiger partial charge in [-0.25, -0.2) is 4.39 Å². The van der Waals surface area contributed by atoms with Crippen LogP contribution in [0.4, 0.5) is 4.39 Å². The van der Waals surface area contributed by atoms with Crippen molar-refractivity contribution < 1.29 is 18.7 Å². The molecular formula is C14H12BrFO3. The van der Waals surface area contributed by atoms with E-state index in [1.54, 1.807) is 12.1 Å². The van der Waals surface area contributed by atoms with Crippen LogP contribution in [0, 0.1) is 5.82 Å². The third-order valence-electron chi connectivity index (χ3n) is 3.10. The largest absolute Gasteiger partial charge is 0.481 e. The van der Waals surface area contributed by atoms with Crippen molar-refractivity contribution in [3.05, 3.63) is 58.2 Å². The lowest BCUT2D eigenvalue weighted by atomic mass is 9.78. The number of halogens is 2. The maximum atomic E-state index is 13.9. The summed E-state index contributed by atoms with van der Waals surface area (Å²) >= 11 is 3.23. The number of hydrogen-bond donors (Lipinski definition) is 1. The number of hydrogen-bond acceptors (Lipinski definition) is 2. The Kier molecular flexibility index (Phi) is 3.75. The number of furan rings is 1. The monoisotopic (exact) mass is 326 g/mol. The van der Waals surface area contributed by atoms with Gasteiger partial charge < -0.3 is 9.52 Å². The highest BCUT2D eigenvalue weighted by molar-refractivity contribution is 9.10. The summed E-state index contributed by atoms with van der Waals surface area (Å²) in [5, 5.41) is 9.48. The molecule has 0 spiro atoms. The molecule has 0 aliphatic carbocycles. The van der Waals surface area contributed by atoms with Crippen LogP contribution in [0.3, 0.4) is 0 Å². The molecular weight excluding hydrogens is 315 g/mol. The third-order valence-corrected chi connectivity index (χ3v) is 3.60. The first-order chi connectivity index (χ1) is 8.93. The Morgan fingerprint density at radius 3 is 2.79 bits per heavy atom. The molecule has 0 amide bonds. The van der Waals surface area contributed by atoms with Gasteiger partial charge in [-0.05, 0) is 37.3 Å². The van der Waals surface area contributed by atoms with Gasteiger partial charge in [0.25, 0.3) is 0 Å². The van der Waals surface area contributed by atoms with Crippen LogP contribution in [0.5, 0.6) is 0 Å². The molecule has 3 nitrogen and oxygen atoms in total. The van der Waals surface area contributed by atoms with Crippen LogP contribution >= 0.6 is 15.9 Å². The van der Waals surface area contributed by atoms with Gasteiger partial charge in [0, 0.05) is 16.5 Å². The predicted octanol–water partition coefficient (Wildman–Crippen LogP) is 3.77. The Labute approximate surface area is 118 Å². The first kappa shape index (κ1) is 13.8. The molecule has 1 N–H and O–H groups in total. The molecule has 2 aromatic rings. The summed E-state index contributed by atoms with van der Waals surface area (Å²) in [6, 6.07) is 7.63. The Balaban J connectivity index is 2.49. The van der Waals surface area contributed by atoms with Crippen molar-refractivity contribution in [3.8, 4) is 0 Å². The van der Waals surface area contributed by atoms with E-state index >= 15 is 0 Å². The van der Waals surface area contributed by atoms with E-state index in [1.807, 2.05) is 0 Å². The summed E-state index contributed by atoms with van der Waals surface area (Å²) < 4.78 is 19.7. The Morgan fingerprint density at radius 1 is 1.47 bits per heavy atom. The molecule has 19 heavy (non-hydrogen) atoms. The Hall–Kier alpha value is -1.62. The number of rotatable bonds is 4. The van der Waals surface area contributed by atoms with Crippen molar-refractivity contribution >= 4 is 21.9 Å². The molecule has 1 unspecified atom stereocenters. The van der Waals surface area contributed by atoms with Crippen molar-refractivity contribution in [1.29, 1.82) is 0 Å². The van der Waals surface area contributed by atoms with E-state index in [4.69, 9.17) is 4.42 Å². The van der Waals surface area contributed by atoms with Crippen LogP contribution in [0.25, 0.3) is 0 Å². The highest BCUT2D eigenvalue weighted by Gasteiger charge is 2.38. The minimum atomic E-state index is -1.38. The van der Waals surface area contributed by atoms with Gasteiger partial charge in [0.05, 0.1) is 11.7 Å². The smallest absolute Gasteiger partial charge is 0.314 e. The molecule has 0 aliphatic heterocycles. The van der Waals surface area contributed by atoms with E-state index in [0.29, 0.717) is 10.2 Å². The number of carboxylic acid groups (broad SMARTS) is 1. The van der Waals surface area contributed by atoms with Crippen LogP contribution in [-0.2, 0) is 16.6 Å². The minimum Gasteiger partial charge on any atom is -0.481 e. The molecule has 0 aliphatic rings. The zero-order valence-corrected chi connectivity index (χ0v) is 11.8.